The summed E-state index contributed by atoms with van der Waals surface area (Å²) in [6, 6.07) is 3.87. The molecule has 0 saturated carbocycles. The van der Waals surface area contributed by atoms with Crippen LogP contribution in [0.4, 0.5) is 5.69 Å². The lowest BCUT2D eigenvalue weighted by atomic mass is 10.2. The van der Waals surface area contributed by atoms with Crippen molar-refractivity contribution in [1.29, 1.82) is 0 Å². The van der Waals surface area contributed by atoms with Crippen LogP contribution in [0.2, 0.25) is 0 Å². The number of anilines is 1. The second-order valence-corrected chi connectivity index (χ2v) is 2.08. The van der Waals surface area contributed by atoms with Crippen LogP contribution in [0.1, 0.15) is 10.4 Å². The molecule has 0 aromatic heterocycles. The molecule has 0 bridgehead atoms. The van der Waals surface area contributed by atoms with E-state index < -0.39 is 5.97 Å². The van der Waals surface area contributed by atoms with Gasteiger partial charge in [0.15, 0.2) is 0 Å². The van der Waals surface area contributed by atoms with E-state index in [1.54, 1.807) is 0 Å². The molecule has 1 rings (SSSR count). The molecule has 0 amide bonds. The average Bonchev–Trinajstić information content (AvgIpc) is 2.07. The summed E-state index contributed by atoms with van der Waals surface area (Å²) >= 11 is 0. The number of benzene rings is 1. The molecule has 0 radical (unpaired) electrons. The van der Waals surface area contributed by atoms with Crippen LogP contribution in [0.25, 0.3) is 0 Å². The van der Waals surface area contributed by atoms with Gasteiger partial charge < -0.3 is 15.9 Å². The van der Waals surface area contributed by atoms with Crippen LogP contribution in [0, 0.1) is 0 Å². The Bertz CT molecular complexity index is 301. The fraction of sp³-hybridized carbons (Fsp3) is 0. The molecule has 0 aliphatic carbocycles. The molecule has 6 heteroatoms. The summed E-state index contributed by atoms with van der Waals surface area (Å²) in [6.45, 7) is 0. The summed E-state index contributed by atoms with van der Waals surface area (Å²) in [6.07, 6.45) is 0. The number of nitrogen functional groups attached to an aromatic ring is 1. The van der Waals surface area contributed by atoms with Crippen molar-refractivity contribution >= 4 is 11.7 Å². The molecule has 0 aliphatic heterocycles. The van der Waals surface area contributed by atoms with Crippen molar-refractivity contribution in [3.8, 4) is 5.75 Å². The molecule has 0 atom stereocenters. The maximum atomic E-state index is 10.3. The van der Waals surface area contributed by atoms with E-state index in [-0.39, 0.29) is 11.3 Å². The number of phenols is 1. The number of rotatable bonds is 1. The van der Waals surface area contributed by atoms with Gasteiger partial charge in [0.25, 0.3) is 0 Å². The predicted octanol–water partition coefficient (Wildman–Crippen LogP) is -0.509. The second kappa shape index (κ2) is 4.96. The van der Waals surface area contributed by atoms with Crippen LogP contribution >= 0.6 is 0 Å². The van der Waals surface area contributed by atoms with Gasteiger partial charge in [0.2, 0.25) is 0 Å². The van der Waals surface area contributed by atoms with Crippen LogP contribution in [0.15, 0.2) is 18.2 Å². The Labute approximate surface area is 74.5 Å². The van der Waals surface area contributed by atoms with Crippen LogP contribution in [-0.4, -0.2) is 16.2 Å². The SMILES string of the molecule is NN.Nc1ccc(C(=O)O)c(O)c1. The molecule has 1 aromatic carbocycles. The third-order valence-corrected chi connectivity index (χ3v) is 1.25. The van der Waals surface area contributed by atoms with Crippen LogP contribution in [0.3, 0.4) is 0 Å². The number of aromatic carboxylic acids is 1. The number of aromatic hydroxyl groups is 1. The lowest BCUT2D eigenvalue weighted by Gasteiger charge is -1.98. The third kappa shape index (κ3) is 2.97. The first-order valence-corrected chi connectivity index (χ1v) is 3.26. The number of hydrazine groups is 1. The predicted molar refractivity (Wildman–Crippen MR) is 47.9 cm³/mol. The number of carboxylic acid groups (broad SMARTS) is 1. The quantitative estimate of drug-likeness (QED) is 0.227. The van der Waals surface area contributed by atoms with Crippen molar-refractivity contribution in [3.05, 3.63) is 23.8 Å². The van der Waals surface area contributed by atoms with Gasteiger partial charge in [-0.3, -0.25) is 11.7 Å². The number of nitrogens with two attached hydrogens (primary N) is 3. The van der Waals surface area contributed by atoms with Crippen molar-refractivity contribution in [3.63, 3.8) is 0 Å². The summed E-state index contributed by atoms with van der Waals surface area (Å²) < 4.78 is 0. The molecular weight excluding hydrogens is 174 g/mol. The Morgan fingerprint density at radius 3 is 2.23 bits per heavy atom. The van der Waals surface area contributed by atoms with E-state index in [1.165, 1.54) is 18.2 Å². The first-order valence-electron chi connectivity index (χ1n) is 3.26. The summed E-state index contributed by atoms with van der Waals surface area (Å²) in [7, 11) is 0. The lowest BCUT2D eigenvalue weighted by molar-refractivity contribution is 0.0694. The topological polar surface area (TPSA) is 136 Å². The van der Waals surface area contributed by atoms with Gasteiger partial charge in [-0.15, -0.1) is 0 Å². The highest BCUT2D eigenvalue weighted by Crippen LogP contribution is 2.19. The molecule has 0 saturated heterocycles. The molecular formula is C7H11N3O3. The molecule has 1 aromatic rings. The van der Waals surface area contributed by atoms with Gasteiger partial charge in [0, 0.05) is 11.8 Å². The van der Waals surface area contributed by atoms with Gasteiger partial charge in [-0.05, 0) is 12.1 Å². The first-order chi connectivity index (χ1) is 6.11. The number of carbonyl (C=O) groups is 1. The highest BCUT2D eigenvalue weighted by molar-refractivity contribution is 5.91. The molecule has 13 heavy (non-hydrogen) atoms. The summed E-state index contributed by atoms with van der Waals surface area (Å²) in [4.78, 5) is 10.3. The van der Waals surface area contributed by atoms with E-state index in [2.05, 4.69) is 11.7 Å². The normalized spacial score (nSPS) is 8.46. The number of carboxylic acids is 1. The van der Waals surface area contributed by atoms with Gasteiger partial charge >= 0.3 is 5.97 Å². The number of hydrogen-bond donors (Lipinski definition) is 5. The van der Waals surface area contributed by atoms with Gasteiger partial charge in [-0.2, -0.15) is 0 Å². The maximum absolute atomic E-state index is 10.3. The van der Waals surface area contributed by atoms with Gasteiger partial charge in [0.1, 0.15) is 11.3 Å². The minimum atomic E-state index is -1.16. The zero-order chi connectivity index (χ0) is 10.4. The summed E-state index contributed by atoms with van der Waals surface area (Å²) in [5.74, 6) is 6.53. The minimum Gasteiger partial charge on any atom is -0.507 e. The molecule has 0 heterocycles. The Morgan fingerprint density at radius 1 is 1.31 bits per heavy atom. The van der Waals surface area contributed by atoms with E-state index in [0.717, 1.165) is 0 Å². The van der Waals surface area contributed by atoms with Crippen molar-refractivity contribution in [1.82, 2.24) is 0 Å². The van der Waals surface area contributed by atoms with Gasteiger partial charge in [0.05, 0.1) is 0 Å². The lowest BCUT2D eigenvalue weighted by Crippen LogP contribution is -2.02. The smallest absolute Gasteiger partial charge is 0.339 e. The fourth-order valence-electron chi connectivity index (χ4n) is 0.730. The Kier molecular flexibility index (Phi) is 4.28. The minimum absolute atomic E-state index is 0.140. The molecule has 8 N–H and O–H groups in total. The van der Waals surface area contributed by atoms with Gasteiger partial charge in [-0.25, -0.2) is 4.79 Å². The highest BCUT2D eigenvalue weighted by atomic mass is 16.4. The van der Waals surface area contributed by atoms with Crippen LogP contribution in [-0.2, 0) is 0 Å². The van der Waals surface area contributed by atoms with Crippen LogP contribution in [0.5, 0.6) is 5.75 Å². The summed E-state index contributed by atoms with van der Waals surface area (Å²) in [5.41, 5.74) is 5.48. The standard InChI is InChI=1S/C7H7NO3.H4N2/c8-4-1-2-5(7(10)11)6(9)3-4;1-2/h1-3,9H,8H2,(H,10,11);1-2H2. The monoisotopic (exact) mass is 185 g/mol. The zero-order valence-corrected chi connectivity index (χ0v) is 6.77. The zero-order valence-electron chi connectivity index (χ0n) is 6.77. The van der Waals surface area contributed by atoms with Crippen molar-refractivity contribution in [2.24, 2.45) is 11.7 Å². The second-order valence-electron chi connectivity index (χ2n) is 2.08. The molecule has 6 nitrogen and oxygen atoms in total. The molecule has 0 unspecified atom stereocenters. The number of hydrogen-bond acceptors (Lipinski definition) is 5. The Balaban J connectivity index is 0.000000671. The fourth-order valence-corrected chi connectivity index (χ4v) is 0.730. The van der Waals surface area contributed by atoms with Crippen molar-refractivity contribution in [2.75, 3.05) is 5.73 Å². The van der Waals surface area contributed by atoms with Crippen LogP contribution < -0.4 is 17.4 Å². The average molecular weight is 185 g/mol. The van der Waals surface area contributed by atoms with E-state index in [9.17, 15) is 4.79 Å². The van der Waals surface area contributed by atoms with Crippen molar-refractivity contribution < 1.29 is 15.0 Å². The largest absolute Gasteiger partial charge is 0.507 e. The maximum Gasteiger partial charge on any atom is 0.339 e. The third-order valence-electron chi connectivity index (χ3n) is 1.25. The molecule has 72 valence electrons. The van der Waals surface area contributed by atoms with Crippen molar-refractivity contribution in [2.45, 2.75) is 0 Å². The van der Waals surface area contributed by atoms with E-state index in [4.69, 9.17) is 15.9 Å². The van der Waals surface area contributed by atoms with E-state index in [0.29, 0.717) is 5.69 Å². The molecule has 0 fully saturated rings. The van der Waals surface area contributed by atoms with Gasteiger partial charge in [-0.1, -0.05) is 0 Å². The highest BCUT2D eigenvalue weighted by Gasteiger charge is 2.07. The first kappa shape index (κ1) is 11.2. The Morgan fingerprint density at radius 2 is 1.85 bits per heavy atom. The molecule has 0 aliphatic rings. The van der Waals surface area contributed by atoms with E-state index >= 15 is 0 Å². The summed E-state index contributed by atoms with van der Waals surface area (Å²) in [5, 5.41) is 17.5. The Hall–Kier alpha value is -1.79. The van der Waals surface area contributed by atoms with E-state index in [1.807, 2.05) is 0 Å². The molecule has 0 spiro atoms.